The van der Waals surface area contributed by atoms with E-state index in [2.05, 4.69) is 45.0 Å². The van der Waals surface area contributed by atoms with Crippen molar-refractivity contribution in [1.82, 2.24) is 15.6 Å². The minimum atomic E-state index is -0.239. The number of nitrogens with one attached hydrogen (secondary N) is 2. The second-order valence-electron chi connectivity index (χ2n) is 6.02. The standard InChI is InChI=1S/C18H26N4OS.HI/c1-5-19-17(21-13-18(2,3)23-4)20-11-15-12-24-16(22-15)14-9-7-6-8-10-14;/h6-10,12H,5,11,13H2,1-4H3,(H2,19,20,21);1H. The van der Waals surface area contributed by atoms with E-state index in [1.54, 1.807) is 18.4 Å². The van der Waals surface area contributed by atoms with Crippen LogP contribution in [0.15, 0.2) is 40.7 Å². The summed E-state index contributed by atoms with van der Waals surface area (Å²) in [4.78, 5) is 9.28. The number of halogens is 1. The number of nitrogens with zero attached hydrogens (tertiary/aromatic N) is 2. The van der Waals surface area contributed by atoms with Crippen molar-refractivity contribution < 1.29 is 4.74 Å². The summed E-state index contributed by atoms with van der Waals surface area (Å²) in [5.41, 5.74) is 1.88. The van der Waals surface area contributed by atoms with Gasteiger partial charge in [0.05, 0.1) is 17.8 Å². The lowest BCUT2D eigenvalue weighted by atomic mass is 10.1. The Morgan fingerprint density at radius 1 is 1.24 bits per heavy atom. The number of hydrogen-bond acceptors (Lipinski definition) is 4. The monoisotopic (exact) mass is 474 g/mol. The number of aliphatic imine (C=N–C) groups is 1. The predicted octanol–water partition coefficient (Wildman–Crippen LogP) is 3.91. The molecule has 0 radical (unpaired) electrons. The molecule has 0 amide bonds. The molecule has 138 valence electrons. The first-order chi connectivity index (χ1) is 11.5. The normalized spacial score (nSPS) is 11.8. The van der Waals surface area contributed by atoms with Crippen LogP contribution in [0.5, 0.6) is 0 Å². The molecule has 2 N–H and O–H groups in total. The summed E-state index contributed by atoms with van der Waals surface area (Å²) in [7, 11) is 1.71. The zero-order chi connectivity index (χ0) is 17.4. The summed E-state index contributed by atoms with van der Waals surface area (Å²) >= 11 is 1.65. The van der Waals surface area contributed by atoms with Gasteiger partial charge in [-0.2, -0.15) is 0 Å². The van der Waals surface area contributed by atoms with E-state index in [-0.39, 0.29) is 29.6 Å². The average Bonchev–Trinajstić information content (AvgIpc) is 3.07. The third-order valence-corrected chi connectivity index (χ3v) is 4.49. The summed E-state index contributed by atoms with van der Waals surface area (Å²) in [6.45, 7) is 8.17. The summed E-state index contributed by atoms with van der Waals surface area (Å²) in [6.07, 6.45) is 0. The Kier molecular flexibility index (Phi) is 9.37. The Balaban J connectivity index is 0.00000312. The first-order valence-corrected chi connectivity index (χ1v) is 8.99. The minimum absolute atomic E-state index is 0. The van der Waals surface area contributed by atoms with Crippen molar-refractivity contribution in [2.75, 3.05) is 20.2 Å². The van der Waals surface area contributed by atoms with Gasteiger partial charge in [-0.1, -0.05) is 30.3 Å². The quantitative estimate of drug-likeness (QED) is 0.363. The van der Waals surface area contributed by atoms with Crippen LogP contribution in [0, 0.1) is 0 Å². The van der Waals surface area contributed by atoms with Crippen LogP contribution < -0.4 is 10.6 Å². The number of rotatable bonds is 7. The molecule has 5 nitrogen and oxygen atoms in total. The highest BCUT2D eigenvalue weighted by atomic mass is 127. The van der Waals surface area contributed by atoms with E-state index >= 15 is 0 Å². The fourth-order valence-corrected chi connectivity index (χ4v) is 2.78. The van der Waals surface area contributed by atoms with E-state index in [9.17, 15) is 0 Å². The van der Waals surface area contributed by atoms with E-state index < -0.39 is 0 Å². The molecule has 0 fully saturated rings. The largest absolute Gasteiger partial charge is 0.377 e. The lowest BCUT2D eigenvalue weighted by Gasteiger charge is -2.24. The number of ether oxygens (including phenoxy) is 1. The fraction of sp³-hybridized carbons (Fsp3) is 0.444. The Morgan fingerprint density at radius 3 is 2.60 bits per heavy atom. The highest BCUT2D eigenvalue weighted by molar-refractivity contribution is 14.0. The molecule has 2 aromatic rings. The minimum Gasteiger partial charge on any atom is -0.377 e. The van der Waals surface area contributed by atoms with Crippen molar-refractivity contribution in [3.8, 4) is 10.6 Å². The van der Waals surface area contributed by atoms with E-state index in [0.29, 0.717) is 13.1 Å². The zero-order valence-corrected chi connectivity index (χ0v) is 18.4. The third-order valence-electron chi connectivity index (χ3n) is 3.55. The van der Waals surface area contributed by atoms with Crippen LogP contribution in [0.25, 0.3) is 10.6 Å². The predicted molar refractivity (Wildman–Crippen MR) is 117 cm³/mol. The van der Waals surface area contributed by atoms with Crippen LogP contribution in [0.2, 0.25) is 0 Å². The Labute approximate surface area is 171 Å². The molecule has 0 aliphatic rings. The average molecular weight is 474 g/mol. The number of guanidine groups is 1. The smallest absolute Gasteiger partial charge is 0.191 e. The maximum Gasteiger partial charge on any atom is 0.191 e. The Bertz CT molecular complexity index is 658. The molecule has 0 unspecified atom stereocenters. The highest BCUT2D eigenvalue weighted by Crippen LogP contribution is 2.23. The van der Waals surface area contributed by atoms with Gasteiger partial charge < -0.3 is 15.4 Å². The Morgan fingerprint density at radius 2 is 1.96 bits per heavy atom. The van der Waals surface area contributed by atoms with Gasteiger partial charge in [-0.15, -0.1) is 35.3 Å². The van der Waals surface area contributed by atoms with E-state index in [4.69, 9.17) is 4.74 Å². The van der Waals surface area contributed by atoms with Crippen molar-refractivity contribution in [3.63, 3.8) is 0 Å². The van der Waals surface area contributed by atoms with Crippen LogP contribution in [0.3, 0.4) is 0 Å². The lowest BCUT2D eigenvalue weighted by molar-refractivity contribution is 0.0268. The lowest BCUT2D eigenvalue weighted by Crippen LogP contribution is -2.45. The zero-order valence-electron chi connectivity index (χ0n) is 15.2. The van der Waals surface area contributed by atoms with Crippen molar-refractivity contribution in [2.24, 2.45) is 4.99 Å². The number of methoxy groups -OCH3 is 1. The number of benzene rings is 1. The van der Waals surface area contributed by atoms with Crippen molar-refractivity contribution in [2.45, 2.75) is 32.9 Å². The van der Waals surface area contributed by atoms with Gasteiger partial charge in [-0.05, 0) is 20.8 Å². The molecule has 1 heterocycles. The molecule has 0 bridgehead atoms. The van der Waals surface area contributed by atoms with Gasteiger partial charge in [0, 0.05) is 31.1 Å². The van der Waals surface area contributed by atoms with Gasteiger partial charge in [0.1, 0.15) is 5.01 Å². The molecule has 25 heavy (non-hydrogen) atoms. The molecule has 0 spiro atoms. The van der Waals surface area contributed by atoms with Crippen LogP contribution in [0.1, 0.15) is 26.5 Å². The molecular weight excluding hydrogens is 447 g/mol. The molecule has 0 saturated carbocycles. The topological polar surface area (TPSA) is 58.5 Å². The van der Waals surface area contributed by atoms with Crippen LogP contribution in [0.4, 0.5) is 0 Å². The molecule has 1 aromatic heterocycles. The van der Waals surface area contributed by atoms with Gasteiger partial charge in [-0.25, -0.2) is 9.98 Å². The first kappa shape index (κ1) is 21.9. The highest BCUT2D eigenvalue weighted by Gasteiger charge is 2.16. The van der Waals surface area contributed by atoms with Gasteiger partial charge in [0.15, 0.2) is 5.96 Å². The summed E-state index contributed by atoms with van der Waals surface area (Å²) in [5, 5.41) is 9.65. The van der Waals surface area contributed by atoms with E-state index in [1.165, 1.54) is 0 Å². The summed E-state index contributed by atoms with van der Waals surface area (Å²) in [6, 6.07) is 10.2. The number of thiazole rings is 1. The molecule has 0 atom stereocenters. The number of hydrogen-bond donors (Lipinski definition) is 2. The maximum atomic E-state index is 5.43. The molecule has 0 saturated heterocycles. The Hall–Kier alpha value is -1.19. The second-order valence-corrected chi connectivity index (χ2v) is 6.88. The van der Waals surface area contributed by atoms with Crippen molar-refractivity contribution in [1.29, 1.82) is 0 Å². The van der Waals surface area contributed by atoms with E-state index in [0.717, 1.165) is 28.8 Å². The fourth-order valence-electron chi connectivity index (χ4n) is 1.96. The van der Waals surface area contributed by atoms with Gasteiger partial charge in [0.2, 0.25) is 0 Å². The third kappa shape index (κ3) is 7.29. The SMILES string of the molecule is CCNC(=NCc1csc(-c2ccccc2)n1)NCC(C)(C)OC.I. The molecule has 0 aliphatic heterocycles. The van der Waals surface area contributed by atoms with Crippen LogP contribution in [-0.4, -0.2) is 36.7 Å². The molecule has 7 heteroatoms. The van der Waals surface area contributed by atoms with Crippen LogP contribution in [-0.2, 0) is 11.3 Å². The van der Waals surface area contributed by atoms with Crippen molar-refractivity contribution in [3.05, 3.63) is 41.4 Å². The first-order valence-electron chi connectivity index (χ1n) is 8.11. The maximum absolute atomic E-state index is 5.43. The molecule has 0 aliphatic carbocycles. The van der Waals surface area contributed by atoms with Gasteiger partial charge >= 0.3 is 0 Å². The summed E-state index contributed by atoms with van der Waals surface area (Å²) < 4.78 is 5.43. The van der Waals surface area contributed by atoms with Crippen molar-refractivity contribution >= 4 is 41.3 Å². The molecule has 2 rings (SSSR count). The molecular formula is C18H27IN4OS. The second kappa shape index (κ2) is 10.7. The van der Waals surface area contributed by atoms with Gasteiger partial charge in [0.25, 0.3) is 0 Å². The van der Waals surface area contributed by atoms with Gasteiger partial charge in [-0.3, -0.25) is 0 Å². The summed E-state index contributed by atoms with van der Waals surface area (Å²) in [5.74, 6) is 0.775. The van der Waals surface area contributed by atoms with Crippen LogP contribution >= 0.6 is 35.3 Å². The number of aromatic nitrogens is 1. The molecule has 1 aromatic carbocycles. The van der Waals surface area contributed by atoms with E-state index in [1.807, 2.05) is 32.0 Å².